The van der Waals surface area contributed by atoms with Crippen LogP contribution in [0.3, 0.4) is 0 Å². The van der Waals surface area contributed by atoms with Crippen LogP contribution in [-0.2, 0) is 9.59 Å². The molecule has 0 spiro atoms. The molecule has 0 aliphatic carbocycles. The van der Waals surface area contributed by atoms with Gasteiger partial charge in [-0.25, -0.2) is 8.78 Å². The molecule has 4 amide bonds. The van der Waals surface area contributed by atoms with Crippen LogP contribution in [0.2, 0.25) is 0 Å². The highest BCUT2D eigenvalue weighted by atomic mass is 19.1. The predicted octanol–water partition coefficient (Wildman–Crippen LogP) is 8.52. The third-order valence-electron chi connectivity index (χ3n) is 10.6. The number of nitrogens with zero attached hydrogens (tertiary/aromatic N) is 2. The third-order valence-corrected chi connectivity index (χ3v) is 10.6. The minimum Gasteiger partial charge on any atom is -0.490 e. The number of likely N-dealkylation sites (N-methyl/N-ethyl adjacent to an activating group) is 2. The molecule has 2 aliphatic heterocycles. The number of hydrogen-bond acceptors (Lipinski definition) is 6. The first-order chi connectivity index (χ1) is 28.7. The SMILES string of the molecule is C[C@@H]1C(=O)N[C@@H](c2ccc(F)cc2)C/C=C/C[C@H](C)Oc2ccccc2C(=O)N1C.C[C@@H]1C(=O)N[C@@H](c2ccc(F)cc2)C/C=C\C[C@H](C)Oc2ccccc2C(=O)N1C. The Morgan fingerprint density at radius 3 is 1.20 bits per heavy atom. The lowest BCUT2D eigenvalue weighted by atomic mass is 10.0. The van der Waals surface area contributed by atoms with Gasteiger partial charge in [0.05, 0.1) is 35.4 Å². The van der Waals surface area contributed by atoms with E-state index in [0.29, 0.717) is 48.3 Å². The maximum atomic E-state index is 13.3. The predicted molar refractivity (Wildman–Crippen MR) is 227 cm³/mol. The number of carbonyl (C=O) groups is 4. The Labute approximate surface area is 351 Å². The first-order valence-electron chi connectivity index (χ1n) is 20.2. The molecule has 12 heteroatoms. The molecule has 4 aromatic carbocycles. The summed E-state index contributed by atoms with van der Waals surface area (Å²) in [6, 6.07) is 24.3. The molecule has 0 bridgehead atoms. The Morgan fingerprint density at radius 1 is 0.500 bits per heavy atom. The van der Waals surface area contributed by atoms with Crippen molar-refractivity contribution < 1.29 is 37.4 Å². The van der Waals surface area contributed by atoms with Gasteiger partial charge in [0.15, 0.2) is 0 Å². The van der Waals surface area contributed by atoms with Crippen LogP contribution in [0.15, 0.2) is 121 Å². The average Bonchev–Trinajstić information content (AvgIpc) is 3.24. The van der Waals surface area contributed by atoms with E-state index in [4.69, 9.17) is 9.47 Å². The normalized spacial score (nSPS) is 24.3. The maximum absolute atomic E-state index is 13.3. The number of benzene rings is 4. The Hall–Kier alpha value is -6.30. The van der Waals surface area contributed by atoms with Crippen LogP contribution >= 0.6 is 0 Å². The van der Waals surface area contributed by atoms with E-state index in [1.54, 1.807) is 88.6 Å². The van der Waals surface area contributed by atoms with Crippen LogP contribution in [0.1, 0.15) is 97.3 Å². The number of para-hydroxylation sites is 2. The lowest BCUT2D eigenvalue weighted by molar-refractivity contribution is -0.126. The fraction of sp³-hybridized carbons (Fsp3) is 0.333. The molecule has 2 aliphatic rings. The second-order valence-electron chi connectivity index (χ2n) is 15.1. The largest absolute Gasteiger partial charge is 0.490 e. The first-order valence-corrected chi connectivity index (χ1v) is 20.2. The van der Waals surface area contributed by atoms with E-state index in [-0.39, 0.29) is 59.6 Å². The van der Waals surface area contributed by atoms with Crippen molar-refractivity contribution in [2.75, 3.05) is 14.1 Å². The third kappa shape index (κ3) is 11.9. The summed E-state index contributed by atoms with van der Waals surface area (Å²) in [6.45, 7) is 7.26. The van der Waals surface area contributed by atoms with E-state index in [0.717, 1.165) is 11.1 Å². The standard InChI is InChI=1S/2C24H27FN2O3/c2*1-16-8-4-6-10-21(18-12-14-19(25)15-13-18)26-23(28)17(2)27(3)24(29)20-9-5-7-11-22(20)30-16/h2*4-7,9,11-17,21H,8,10H2,1-3H3,(H,26,28)/b6-4+;6-4-/t2*16-,17+,21+/m00/s1. The number of hydrogen-bond donors (Lipinski definition) is 2. The second-order valence-corrected chi connectivity index (χ2v) is 15.1. The highest BCUT2D eigenvalue weighted by molar-refractivity contribution is 6.00. The topological polar surface area (TPSA) is 117 Å². The van der Waals surface area contributed by atoms with Gasteiger partial charge in [-0.05, 0) is 100 Å². The fourth-order valence-electron chi connectivity index (χ4n) is 6.68. The van der Waals surface area contributed by atoms with Crippen molar-refractivity contribution in [1.29, 1.82) is 0 Å². The molecular formula is C48H54F2N4O6. The van der Waals surface area contributed by atoms with Crippen LogP contribution in [0, 0.1) is 11.6 Å². The molecule has 0 aromatic heterocycles. The van der Waals surface area contributed by atoms with E-state index in [9.17, 15) is 28.0 Å². The van der Waals surface area contributed by atoms with Crippen LogP contribution < -0.4 is 20.1 Å². The van der Waals surface area contributed by atoms with Crippen molar-refractivity contribution >= 4 is 23.6 Å². The summed E-state index contributed by atoms with van der Waals surface area (Å²) in [7, 11) is 3.21. The Kier molecular flexibility index (Phi) is 15.8. The van der Waals surface area contributed by atoms with E-state index in [1.165, 1.54) is 34.1 Å². The van der Waals surface area contributed by atoms with Gasteiger partial charge in [0.25, 0.3) is 11.8 Å². The zero-order chi connectivity index (χ0) is 43.3. The van der Waals surface area contributed by atoms with Gasteiger partial charge in [0.2, 0.25) is 11.8 Å². The summed E-state index contributed by atoms with van der Waals surface area (Å²) in [5.74, 6) is -0.782. The van der Waals surface area contributed by atoms with E-state index in [1.807, 2.05) is 50.3 Å². The lowest BCUT2D eigenvalue weighted by Gasteiger charge is -2.28. The molecule has 0 unspecified atom stereocenters. The van der Waals surface area contributed by atoms with Crippen molar-refractivity contribution in [2.45, 2.75) is 89.8 Å². The van der Waals surface area contributed by atoms with Crippen molar-refractivity contribution in [2.24, 2.45) is 0 Å². The van der Waals surface area contributed by atoms with Gasteiger partial charge in [-0.1, -0.05) is 72.8 Å². The fourth-order valence-corrected chi connectivity index (χ4v) is 6.68. The smallest absolute Gasteiger partial charge is 0.258 e. The number of fused-ring (bicyclic) bond motifs is 2. The van der Waals surface area contributed by atoms with Gasteiger partial charge < -0.3 is 29.9 Å². The number of carbonyl (C=O) groups excluding carboxylic acids is 4. The van der Waals surface area contributed by atoms with Crippen LogP contribution in [-0.4, -0.2) is 71.8 Å². The summed E-state index contributed by atoms with van der Waals surface area (Å²) in [5.41, 5.74) is 2.44. The van der Waals surface area contributed by atoms with Crippen molar-refractivity contribution in [3.05, 3.63) is 155 Å². The maximum Gasteiger partial charge on any atom is 0.258 e. The van der Waals surface area contributed by atoms with Crippen LogP contribution in [0.25, 0.3) is 0 Å². The number of ether oxygens (including phenoxy) is 2. The highest BCUT2D eigenvalue weighted by Gasteiger charge is 2.29. The van der Waals surface area contributed by atoms with Gasteiger partial charge in [-0.15, -0.1) is 0 Å². The number of halogens is 2. The summed E-state index contributed by atoms with van der Waals surface area (Å²) >= 11 is 0. The van der Waals surface area contributed by atoms with Crippen molar-refractivity contribution in [3.63, 3.8) is 0 Å². The monoisotopic (exact) mass is 820 g/mol. The summed E-state index contributed by atoms with van der Waals surface area (Å²) < 4.78 is 38.7. The van der Waals surface area contributed by atoms with Crippen LogP contribution in [0.4, 0.5) is 8.78 Å². The number of nitrogens with one attached hydrogen (secondary N) is 2. The second kappa shape index (κ2) is 21.1. The van der Waals surface area contributed by atoms with Gasteiger partial charge in [0.1, 0.15) is 35.2 Å². The molecule has 2 heterocycles. The number of rotatable bonds is 2. The van der Waals surface area contributed by atoms with E-state index >= 15 is 0 Å². The Bertz CT molecular complexity index is 2010. The minimum atomic E-state index is -0.696. The zero-order valence-electron chi connectivity index (χ0n) is 34.9. The van der Waals surface area contributed by atoms with Gasteiger partial charge in [0, 0.05) is 26.9 Å². The first kappa shape index (κ1) is 44.8. The lowest BCUT2D eigenvalue weighted by Crippen LogP contribution is -2.47. The summed E-state index contributed by atoms with van der Waals surface area (Å²) in [6.07, 6.45) is 10.1. The average molecular weight is 821 g/mol. The highest BCUT2D eigenvalue weighted by Crippen LogP contribution is 2.26. The molecule has 2 N–H and O–H groups in total. The molecule has 6 atom stereocenters. The van der Waals surface area contributed by atoms with Gasteiger partial charge in [-0.3, -0.25) is 19.2 Å². The molecular weight excluding hydrogens is 767 g/mol. The summed E-state index contributed by atoms with van der Waals surface area (Å²) in [4.78, 5) is 54.8. The zero-order valence-corrected chi connectivity index (χ0v) is 34.9. The quantitative estimate of drug-likeness (QED) is 0.196. The molecule has 0 radical (unpaired) electrons. The summed E-state index contributed by atoms with van der Waals surface area (Å²) in [5, 5.41) is 6.01. The molecule has 0 saturated carbocycles. The minimum absolute atomic E-state index is 0.125. The van der Waals surface area contributed by atoms with Gasteiger partial charge >= 0.3 is 0 Å². The molecule has 4 aromatic rings. The Balaban J connectivity index is 0.000000228. The molecule has 0 fully saturated rings. The molecule has 6 rings (SSSR count). The molecule has 316 valence electrons. The van der Waals surface area contributed by atoms with Crippen LogP contribution in [0.5, 0.6) is 11.5 Å². The van der Waals surface area contributed by atoms with Crippen molar-refractivity contribution in [1.82, 2.24) is 20.4 Å². The molecule has 10 nitrogen and oxygen atoms in total. The van der Waals surface area contributed by atoms with E-state index in [2.05, 4.69) is 10.6 Å². The number of amides is 4. The van der Waals surface area contributed by atoms with E-state index < -0.39 is 12.1 Å². The molecule has 0 saturated heterocycles. The molecule has 60 heavy (non-hydrogen) atoms. The van der Waals surface area contributed by atoms with Gasteiger partial charge in [-0.2, -0.15) is 0 Å². The van der Waals surface area contributed by atoms with Crippen molar-refractivity contribution in [3.8, 4) is 11.5 Å². The Morgan fingerprint density at radius 2 is 0.833 bits per heavy atom.